The maximum Gasteiger partial charge on any atom is 0.274 e. The van der Waals surface area contributed by atoms with Crippen molar-refractivity contribution in [3.63, 3.8) is 0 Å². The quantitative estimate of drug-likeness (QED) is 0.811. The van der Waals surface area contributed by atoms with Gasteiger partial charge in [-0.15, -0.1) is 0 Å². The van der Waals surface area contributed by atoms with Gasteiger partial charge in [0.05, 0.1) is 0 Å². The van der Waals surface area contributed by atoms with Crippen LogP contribution in [0.15, 0.2) is 18.2 Å². The van der Waals surface area contributed by atoms with Gasteiger partial charge in [-0.1, -0.05) is 29.3 Å². The Morgan fingerprint density at radius 1 is 1.43 bits per heavy atom. The summed E-state index contributed by atoms with van der Waals surface area (Å²) in [6, 6.07) is 4.66. The minimum absolute atomic E-state index is 0.0687. The van der Waals surface area contributed by atoms with Crippen molar-refractivity contribution in [3.8, 4) is 0 Å². The highest BCUT2D eigenvalue weighted by atomic mass is 35.5. The SMILES string of the molecule is Cc1ccc(Cl)c(C(O)C(C)(F)F)c1. The van der Waals surface area contributed by atoms with Crippen LogP contribution < -0.4 is 0 Å². The molecule has 1 N–H and O–H groups in total. The third-order valence-electron chi connectivity index (χ3n) is 1.93. The van der Waals surface area contributed by atoms with E-state index in [1.165, 1.54) is 12.1 Å². The maximum atomic E-state index is 12.8. The molecule has 0 bridgehead atoms. The lowest BCUT2D eigenvalue weighted by Crippen LogP contribution is -2.22. The largest absolute Gasteiger partial charge is 0.382 e. The van der Waals surface area contributed by atoms with Crippen molar-refractivity contribution in [2.24, 2.45) is 0 Å². The third kappa shape index (κ3) is 2.42. The van der Waals surface area contributed by atoms with Crippen molar-refractivity contribution in [2.75, 3.05) is 0 Å². The molecule has 0 aliphatic rings. The summed E-state index contributed by atoms with van der Waals surface area (Å²) < 4.78 is 25.6. The first kappa shape index (κ1) is 11.4. The average molecular weight is 221 g/mol. The van der Waals surface area contributed by atoms with E-state index in [4.69, 9.17) is 11.6 Å². The van der Waals surface area contributed by atoms with Gasteiger partial charge in [0.2, 0.25) is 0 Å². The first-order valence-electron chi connectivity index (χ1n) is 4.14. The Bertz CT molecular complexity index is 333. The van der Waals surface area contributed by atoms with Gasteiger partial charge in [0.15, 0.2) is 0 Å². The van der Waals surface area contributed by atoms with Crippen LogP contribution in [0.2, 0.25) is 5.02 Å². The number of alkyl halides is 2. The first-order chi connectivity index (χ1) is 6.32. The molecule has 1 unspecified atom stereocenters. The van der Waals surface area contributed by atoms with Gasteiger partial charge in [-0.25, -0.2) is 8.78 Å². The Labute approximate surface area is 86.3 Å². The molecule has 0 aliphatic carbocycles. The Morgan fingerprint density at radius 2 is 2.00 bits per heavy atom. The topological polar surface area (TPSA) is 20.2 Å². The van der Waals surface area contributed by atoms with Gasteiger partial charge >= 0.3 is 0 Å². The second-order valence-electron chi connectivity index (χ2n) is 3.38. The molecule has 0 saturated heterocycles. The molecule has 0 saturated carbocycles. The van der Waals surface area contributed by atoms with Crippen LogP contribution in [0.5, 0.6) is 0 Å². The summed E-state index contributed by atoms with van der Waals surface area (Å²) in [6.07, 6.45) is -1.85. The Morgan fingerprint density at radius 3 is 2.50 bits per heavy atom. The number of aliphatic hydroxyl groups is 1. The molecule has 0 aromatic heterocycles. The van der Waals surface area contributed by atoms with Gasteiger partial charge < -0.3 is 5.11 Å². The van der Waals surface area contributed by atoms with Crippen molar-refractivity contribution < 1.29 is 13.9 Å². The maximum absolute atomic E-state index is 12.8. The number of benzene rings is 1. The van der Waals surface area contributed by atoms with Crippen LogP contribution in [-0.2, 0) is 0 Å². The van der Waals surface area contributed by atoms with Crippen molar-refractivity contribution >= 4 is 11.6 Å². The predicted octanol–water partition coefficient (Wildman–Crippen LogP) is 3.34. The van der Waals surface area contributed by atoms with Crippen LogP contribution in [0.1, 0.15) is 24.2 Å². The highest BCUT2D eigenvalue weighted by Crippen LogP contribution is 2.34. The number of hydrogen-bond acceptors (Lipinski definition) is 1. The second kappa shape index (κ2) is 3.83. The monoisotopic (exact) mass is 220 g/mol. The van der Waals surface area contributed by atoms with Crippen LogP contribution in [0, 0.1) is 6.92 Å². The molecule has 0 aliphatic heterocycles. The fourth-order valence-electron chi connectivity index (χ4n) is 1.15. The normalized spacial score (nSPS) is 14.1. The van der Waals surface area contributed by atoms with E-state index in [0.717, 1.165) is 5.56 Å². The highest BCUT2D eigenvalue weighted by molar-refractivity contribution is 6.31. The van der Waals surface area contributed by atoms with Crippen molar-refractivity contribution in [1.82, 2.24) is 0 Å². The van der Waals surface area contributed by atoms with E-state index in [1.54, 1.807) is 13.0 Å². The highest BCUT2D eigenvalue weighted by Gasteiger charge is 2.34. The van der Waals surface area contributed by atoms with Gasteiger partial charge in [-0.05, 0) is 13.0 Å². The molecule has 1 rings (SSSR count). The van der Waals surface area contributed by atoms with Crippen LogP contribution in [0.3, 0.4) is 0 Å². The van der Waals surface area contributed by atoms with Crippen LogP contribution in [0.4, 0.5) is 8.78 Å². The summed E-state index contributed by atoms with van der Waals surface area (Å²) in [5.41, 5.74) is 0.854. The van der Waals surface area contributed by atoms with E-state index in [0.29, 0.717) is 6.92 Å². The van der Waals surface area contributed by atoms with E-state index in [1.807, 2.05) is 0 Å². The van der Waals surface area contributed by atoms with Crippen molar-refractivity contribution in [2.45, 2.75) is 25.9 Å². The molecule has 78 valence electrons. The minimum atomic E-state index is -3.18. The predicted molar refractivity (Wildman–Crippen MR) is 51.8 cm³/mol. The summed E-state index contributed by atoms with van der Waals surface area (Å²) in [7, 11) is 0. The standard InChI is InChI=1S/C10H11ClF2O/c1-6-3-4-8(11)7(5-6)9(14)10(2,12)13/h3-5,9,14H,1-2H3. The molecule has 4 heteroatoms. The summed E-state index contributed by atoms with van der Waals surface area (Å²) in [4.78, 5) is 0. The number of aliphatic hydroxyl groups excluding tert-OH is 1. The molecule has 1 nitrogen and oxygen atoms in total. The van der Waals surface area contributed by atoms with E-state index in [9.17, 15) is 13.9 Å². The van der Waals surface area contributed by atoms with Crippen LogP contribution in [-0.4, -0.2) is 11.0 Å². The zero-order valence-corrected chi connectivity index (χ0v) is 8.65. The molecule has 1 atom stereocenters. The Balaban J connectivity index is 3.12. The van der Waals surface area contributed by atoms with E-state index in [-0.39, 0.29) is 10.6 Å². The van der Waals surface area contributed by atoms with E-state index < -0.39 is 12.0 Å². The average Bonchev–Trinajstić information content (AvgIpc) is 2.06. The van der Waals surface area contributed by atoms with Gasteiger partial charge in [-0.2, -0.15) is 0 Å². The molecule has 0 heterocycles. The number of hydrogen-bond donors (Lipinski definition) is 1. The zero-order chi connectivity index (χ0) is 10.9. The summed E-state index contributed by atoms with van der Waals surface area (Å²) in [5.74, 6) is -3.18. The molecular formula is C10H11ClF2O. The lowest BCUT2D eigenvalue weighted by Gasteiger charge is -2.19. The molecule has 0 amide bonds. The molecule has 0 fully saturated rings. The smallest absolute Gasteiger partial charge is 0.274 e. The van der Waals surface area contributed by atoms with Crippen LogP contribution in [0.25, 0.3) is 0 Å². The summed E-state index contributed by atoms with van der Waals surface area (Å²) in [6.45, 7) is 2.41. The summed E-state index contributed by atoms with van der Waals surface area (Å²) >= 11 is 5.70. The van der Waals surface area contributed by atoms with Gasteiger partial charge in [0, 0.05) is 17.5 Å². The molecule has 1 aromatic rings. The second-order valence-corrected chi connectivity index (χ2v) is 3.79. The number of aryl methyl sites for hydroxylation is 1. The van der Waals surface area contributed by atoms with Crippen molar-refractivity contribution in [3.05, 3.63) is 34.3 Å². The first-order valence-corrected chi connectivity index (χ1v) is 4.52. The molecule has 0 radical (unpaired) electrons. The third-order valence-corrected chi connectivity index (χ3v) is 2.27. The Kier molecular flexibility index (Phi) is 3.12. The van der Waals surface area contributed by atoms with Crippen LogP contribution >= 0.6 is 11.6 Å². The number of halogens is 3. The fourth-order valence-corrected chi connectivity index (χ4v) is 1.37. The Hall–Kier alpha value is -0.670. The lowest BCUT2D eigenvalue weighted by molar-refractivity contribution is -0.0953. The molecule has 14 heavy (non-hydrogen) atoms. The van der Waals surface area contributed by atoms with E-state index in [2.05, 4.69) is 0 Å². The summed E-state index contributed by atoms with van der Waals surface area (Å²) in [5, 5.41) is 9.48. The van der Waals surface area contributed by atoms with E-state index >= 15 is 0 Å². The molecule has 0 spiro atoms. The number of rotatable bonds is 2. The van der Waals surface area contributed by atoms with Gasteiger partial charge in [0.25, 0.3) is 5.92 Å². The molecule has 1 aromatic carbocycles. The molecular weight excluding hydrogens is 210 g/mol. The minimum Gasteiger partial charge on any atom is -0.382 e. The van der Waals surface area contributed by atoms with Gasteiger partial charge in [0.1, 0.15) is 6.10 Å². The zero-order valence-electron chi connectivity index (χ0n) is 7.89. The van der Waals surface area contributed by atoms with Crippen molar-refractivity contribution in [1.29, 1.82) is 0 Å². The van der Waals surface area contributed by atoms with Gasteiger partial charge in [-0.3, -0.25) is 0 Å². The fraction of sp³-hybridized carbons (Fsp3) is 0.400. The lowest BCUT2D eigenvalue weighted by atomic mass is 10.0.